The predicted molar refractivity (Wildman–Crippen MR) is 63.5 cm³/mol. The van der Waals surface area contributed by atoms with Crippen LogP contribution in [0.15, 0.2) is 28.7 Å². The van der Waals surface area contributed by atoms with E-state index in [1.165, 1.54) is 10.9 Å². The Morgan fingerprint density at radius 2 is 2.00 bits per heavy atom. The summed E-state index contributed by atoms with van der Waals surface area (Å²) in [4.78, 5) is 0. The van der Waals surface area contributed by atoms with Gasteiger partial charge in [-0.05, 0) is 38.3 Å². The van der Waals surface area contributed by atoms with Crippen molar-refractivity contribution in [2.75, 3.05) is 0 Å². The van der Waals surface area contributed by atoms with Crippen molar-refractivity contribution in [3.63, 3.8) is 0 Å². The molecule has 84 valence electrons. The summed E-state index contributed by atoms with van der Waals surface area (Å²) in [5, 5.41) is 11.1. The van der Waals surface area contributed by atoms with Gasteiger partial charge in [0.1, 0.15) is 11.3 Å². The topological polar surface area (TPSA) is 33.4 Å². The van der Waals surface area contributed by atoms with Crippen LogP contribution in [0.2, 0.25) is 0 Å². The molecule has 2 heteroatoms. The van der Waals surface area contributed by atoms with Crippen LogP contribution in [0, 0.1) is 6.92 Å². The molecule has 0 saturated heterocycles. The SMILES string of the molecule is Cc1c(C2(C(C)O)CC2)oc2ccccc12. The molecular weight excluding hydrogens is 200 g/mol. The van der Waals surface area contributed by atoms with Gasteiger partial charge < -0.3 is 9.52 Å². The van der Waals surface area contributed by atoms with Gasteiger partial charge in [-0.2, -0.15) is 0 Å². The fourth-order valence-electron chi connectivity index (χ4n) is 2.62. The van der Waals surface area contributed by atoms with Gasteiger partial charge in [0.15, 0.2) is 0 Å². The average molecular weight is 216 g/mol. The zero-order valence-electron chi connectivity index (χ0n) is 9.66. The molecular formula is C14H16O2. The van der Waals surface area contributed by atoms with Crippen LogP contribution in [-0.2, 0) is 5.41 Å². The Kier molecular flexibility index (Phi) is 1.93. The number of aryl methyl sites for hydroxylation is 1. The summed E-state index contributed by atoms with van der Waals surface area (Å²) in [6.07, 6.45) is 1.74. The van der Waals surface area contributed by atoms with Gasteiger partial charge in [-0.15, -0.1) is 0 Å². The van der Waals surface area contributed by atoms with E-state index in [0.717, 1.165) is 24.2 Å². The maximum atomic E-state index is 9.89. The summed E-state index contributed by atoms with van der Waals surface area (Å²) in [5.41, 5.74) is 2.01. The monoisotopic (exact) mass is 216 g/mol. The summed E-state index contributed by atoms with van der Waals surface area (Å²) < 4.78 is 5.93. The van der Waals surface area contributed by atoms with Crippen LogP contribution in [0.3, 0.4) is 0 Å². The molecule has 1 aromatic heterocycles. The largest absolute Gasteiger partial charge is 0.460 e. The first-order valence-electron chi connectivity index (χ1n) is 5.82. The van der Waals surface area contributed by atoms with E-state index in [1.54, 1.807) is 0 Å². The summed E-state index contributed by atoms with van der Waals surface area (Å²) in [5.74, 6) is 0.990. The van der Waals surface area contributed by atoms with Crippen molar-refractivity contribution in [2.45, 2.75) is 38.2 Å². The molecule has 0 spiro atoms. The minimum absolute atomic E-state index is 0.108. The molecule has 1 aliphatic rings. The van der Waals surface area contributed by atoms with Crippen molar-refractivity contribution in [3.8, 4) is 0 Å². The average Bonchev–Trinajstić information content (AvgIpc) is 3.01. The molecule has 16 heavy (non-hydrogen) atoms. The predicted octanol–water partition coefficient (Wildman–Crippen LogP) is 3.15. The van der Waals surface area contributed by atoms with E-state index in [1.807, 2.05) is 25.1 Å². The Hall–Kier alpha value is -1.28. The van der Waals surface area contributed by atoms with Crippen molar-refractivity contribution in [2.24, 2.45) is 0 Å². The van der Waals surface area contributed by atoms with Crippen LogP contribution in [0.5, 0.6) is 0 Å². The molecule has 2 nitrogen and oxygen atoms in total. The molecule has 0 radical (unpaired) electrons. The molecule has 2 aromatic rings. The Morgan fingerprint density at radius 1 is 1.31 bits per heavy atom. The normalized spacial score (nSPS) is 19.9. The van der Waals surface area contributed by atoms with Crippen LogP contribution in [-0.4, -0.2) is 11.2 Å². The lowest BCUT2D eigenvalue weighted by atomic mass is 9.94. The van der Waals surface area contributed by atoms with E-state index in [2.05, 4.69) is 13.0 Å². The lowest BCUT2D eigenvalue weighted by Gasteiger charge is -2.16. The second kappa shape index (κ2) is 3.11. The standard InChI is InChI=1S/C14H16O2/c1-9-11-5-3-4-6-12(11)16-13(9)14(7-8-14)10(2)15/h3-6,10,15H,7-8H2,1-2H3. The zero-order valence-corrected chi connectivity index (χ0v) is 9.66. The summed E-state index contributed by atoms with van der Waals surface area (Å²) >= 11 is 0. The Morgan fingerprint density at radius 3 is 2.56 bits per heavy atom. The number of furan rings is 1. The number of aliphatic hydroxyl groups excluding tert-OH is 1. The molecule has 1 aliphatic carbocycles. The molecule has 1 atom stereocenters. The van der Waals surface area contributed by atoms with Gasteiger partial charge in [-0.3, -0.25) is 0 Å². The van der Waals surface area contributed by atoms with Crippen LogP contribution < -0.4 is 0 Å². The molecule has 1 heterocycles. The quantitative estimate of drug-likeness (QED) is 0.836. The van der Waals surface area contributed by atoms with E-state index in [0.29, 0.717) is 0 Å². The van der Waals surface area contributed by atoms with E-state index < -0.39 is 0 Å². The van der Waals surface area contributed by atoms with Crippen LogP contribution in [0.4, 0.5) is 0 Å². The highest BCUT2D eigenvalue weighted by Crippen LogP contribution is 2.53. The number of para-hydroxylation sites is 1. The summed E-state index contributed by atoms with van der Waals surface area (Å²) in [7, 11) is 0. The van der Waals surface area contributed by atoms with Crippen molar-refractivity contribution in [3.05, 3.63) is 35.6 Å². The van der Waals surface area contributed by atoms with Gasteiger partial charge >= 0.3 is 0 Å². The first-order chi connectivity index (χ1) is 7.65. The number of aliphatic hydroxyl groups is 1. The fourth-order valence-corrected chi connectivity index (χ4v) is 2.62. The number of hydrogen-bond donors (Lipinski definition) is 1. The minimum Gasteiger partial charge on any atom is -0.460 e. The number of hydrogen-bond acceptors (Lipinski definition) is 2. The fraction of sp³-hybridized carbons (Fsp3) is 0.429. The van der Waals surface area contributed by atoms with Gasteiger partial charge in [0.2, 0.25) is 0 Å². The first kappa shape index (κ1) is 9.91. The molecule has 0 bridgehead atoms. The van der Waals surface area contributed by atoms with E-state index in [9.17, 15) is 5.11 Å². The van der Waals surface area contributed by atoms with Crippen molar-refractivity contribution < 1.29 is 9.52 Å². The van der Waals surface area contributed by atoms with E-state index in [4.69, 9.17) is 4.42 Å². The molecule has 1 N–H and O–H groups in total. The lowest BCUT2D eigenvalue weighted by molar-refractivity contribution is 0.139. The highest BCUT2D eigenvalue weighted by molar-refractivity contribution is 5.82. The van der Waals surface area contributed by atoms with Crippen molar-refractivity contribution in [1.29, 1.82) is 0 Å². The van der Waals surface area contributed by atoms with Gasteiger partial charge in [0, 0.05) is 5.39 Å². The third kappa shape index (κ3) is 1.17. The second-order valence-electron chi connectivity index (χ2n) is 4.88. The van der Waals surface area contributed by atoms with Crippen molar-refractivity contribution >= 4 is 11.0 Å². The highest BCUT2D eigenvalue weighted by atomic mass is 16.3. The van der Waals surface area contributed by atoms with E-state index in [-0.39, 0.29) is 11.5 Å². The van der Waals surface area contributed by atoms with Gasteiger partial charge in [-0.1, -0.05) is 18.2 Å². The van der Waals surface area contributed by atoms with Gasteiger partial charge in [0.05, 0.1) is 11.5 Å². The zero-order chi connectivity index (χ0) is 11.3. The molecule has 1 fully saturated rings. The summed E-state index contributed by atoms with van der Waals surface area (Å²) in [6, 6.07) is 8.08. The van der Waals surface area contributed by atoms with Gasteiger partial charge in [-0.25, -0.2) is 0 Å². The third-order valence-corrected chi connectivity index (χ3v) is 3.88. The second-order valence-corrected chi connectivity index (χ2v) is 4.88. The number of benzene rings is 1. The Labute approximate surface area is 94.9 Å². The van der Waals surface area contributed by atoms with Crippen LogP contribution >= 0.6 is 0 Å². The maximum Gasteiger partial charge on any atom is 0.134 e. The molecule has 3 rings (SSSR count). The van der Waals surface area contributed by atoms with Crippen LogP contribution in [0.25, 0.3) is 11.0 Å². The smallest absolute Gasteiger partial charge is 0.134 e. The first-order valence-corrected chi connectivity index (χ1v) is 5.82. The number of fused-ring (bicyclic) bond motifs is 1. The number of rotatable bonds is 2. The third-order valence-electron chi connectivity index (χ3n) is 3.88. The minimum atomic E-state index is -0.327. The van der Waals surface area contributed by atoms with Gasteiger partial charge in [0.25, 0.3) is 0 Å². The van der Waals surface area contributed by atoms with E-state index >= 15 is 0 Å². The molecule has 1 saturated carbocycles. The lowest BCUT2D eigenvalue weighted by Crippen LogP contribution is -2.22. The molecule has 0 aliphatic heterocycles. The maximum absolute atomic E-state index is 9.89. The van der Waals surface area contributed by atoms with Crippen LogP contribution in [0.1, 0.15) is 31.1 Å². The molecule has 0 amide bonds. The molecule has 1 aromatic carbocycles. The van der Waals surface area contributed by atoms with Crippen molar-refractivity contribution in [1.82, 2.24) is 0 Å². The highest BCUT2D eigenvalue weighted by Gasteiger charge is 2.52. The Bertz CT molecular complexity index is 533. The Balaban J connectivity index is 2.22. The summed E-state index contributed by atoms with van der Waals surface area (Å²) in [6.45, 7) is 3.95. The molecule has 1 unspecified atom stereocenters.